The summed E-state index contributed by atoms with van der Waals surface area (Å²) in [4.78, 5) is 24.0. The Morgan fingerprint density at radius 1 is 0.944 bits per heavy atom. The van der Waals surface area contributed by atoms with Crippen LogP contribution in [0.2, 0.25) is 0 Å². The number of benzene rings is 2. The van der Waals surface area contributed by atoms with Gasteiger partial charge in [0, 0.05) is 12.6 Å². The predicted molar refractivity (Wildman–Crippen MR) is 138 cm³/mol. The van der Waals surface area contributed by atoms with E-state index >= 15 is 0 Å². The fourth-order valence-corrected chi connectivity index (χ4v) is 5.88. The summed E-state index contributed by atoms with van der Waals surface area (Å²) in [5, 5.41) is 0.394. The molecule has 0 radical (unpaired) electrons. The summed E-state index contributed by atoms with van der Waals surface area (Å²) in [6, 6.07) is 15.0. The minimum Gasteiger partial charge on any atom is -0.497 e. The molecule has 0 atom stereocenters. The second-order valence-corrected chi connectivity index (χ2v) is 10.8. The van der Waals surface area contributed by atoms with Gasteiger partial charge in [0.15, 0.2) is 15.0 Å². The lowest BCUT2D eigenvalue weighted by Crippen LogP contribution is -2.32. The number of rotatable bonds is 10. The second kappa shape index (κ2) is 10.9. The fourth-order valence-electron chi connectivity index (χ4n) is 3.56. The maximum Gasteiger partial charge on any atom is 0.230 e. The molecular formula is C25H25N3O6S2. The highest BCUT2D eigenvalue weighted by Gasteiger charge is 2.25. The summed E-state index contributed by atoms with van der Waals surface area (Å²) in [5.74, 6) is 0.944. The van der Waals surface area contributed by atoms with E-state index in [4.69, 9.17) is 14.2 Å². The van der Waals surface area contributed by atoms with E-state index in [-0.39, 0.29) is 23.6 Å². The van der Waals surface area contributed by atoms with E-state index in [1.165, 1.54) is 35.5 Å². The number of hydrogen-bond acceptors (Lipinski definition) is 9. The molecule has 0 saturated carbocycles. The average molecular weight is 528 g/mol. The van der Waals surface area contributed by atoms with E-state index in [2.05, 4.69) is 9.97 Å². The maximum atomic E-state index is 13.4. The standard InChI is InChI=1S/C25H25N3O6S2/c1-32-18-7-9-19(10-8-18)36(30,31)15-13-22(29)28(16-17-6-4-5-14-26-17)25-27-23-20(33-2)11-12-21(34-3)24(23)35-25/h4-12,14H,13,15-16H2,1-3H3. The van der Waals surface area contributed by atoms with Crippen molar-refractivity contribution in [3.63, 3.8) is 0 Å². The van der Waals surface area contributed by atoms with Gasteiger partial charge >= 0.3 is 0 Å². The molecule has 0 aliphatic carbocycles. The molecule has 4 rings (SSSR count). The number of ether oxygens (including phenoxy) is 3. The molecule has 2 aromatic heterocycles. The third kappa shape index (κ3) is 5.42. The van der Waals surface area contributed by atoms with Crippen LogP contribution in [0, 0.1) is 0 Å². The van der Waals surface area contributed by atoms with Crippen LogP contribution in [-0.2, 0) is 21.2 Å². The summed E-state index contributed by atoms with van der Waals surface area (Å²) in [6.45, 7) is 0.132. The Labute approximate surface area is 213 Å². The number of nitrogens with zero attached hydrogens (tertiary/aromatic N) is 3. The van der Waals surface area contributed by atoms with Crippen LogP contribution in [0.5, 0.6) is 17.2 Å². The quantitative estimate of drug-likeness (QED) is 0.303. The van der Waals surface area contributed by atoms with Crippen molar-refractivity contribution < 1.29 is 27.4 Å². The Morgan fingerprint density at radius 3 is 2.31 bits per heavy atom. The van der Waals surface area contributed by atoms with E-state index in [0.29, 0.717) is 33.6 Å². The van der Waals surface area contributed by atoms with Gasteiger partial charge in [0.1, 0.15) is 27.5 Å². The fraction of sp³-hybridized carbons (Fsp3) is 0.240. The van der Waals surface area contributed by atoms with Crippen molar-refractivity contribution in [2.75, 3.05) is 32.0 Å². The third-order valence-electron chi connectivity index (χ3n) is 5.48. The number of hydrogen-bond donors (Lipinski definition) is 0. The summed E-state index contributed by atoms with van der Waals surface area (Å²) in [6.07, 6.45) is 1.40. The number of methoxy groups -OCH3 is 3. The number of aromatic nitrogens is 2. The molecule has 0 N–H and O–H groups in total. The van der Waals surface area contributed by atoms with Crippen LogP contribution in [0.15, 0.2) is 65.7 Å². The van der Waals surface area contributed by atoms with E-state index in [1.54, 1.807) is 56.8 Å². The van der Waals surface area contributed by atoms with Crippen molar-refractivity contribution in [1.29, 1.82) is 0 Å². The maximum absolute atomic E-state index is 13.4. The molecule has 4 aromatic rings. The lowest BCUT2D eigenvalue weighted by atomic mass is 10.3. The largest absolute Gasteiger partial charge is 0.497 e. The highest BCUT2D eigenvalue weighted by atomic mass is 32.2. The van der Waals surface area contributed by atoms with Crippen LogP contribution in [0.4, 0.5) is 5.13 Å². The van der Waals surface area contributed by atoms with Crippen LogP contribution in [0.1, 0.15) is 12.1 Å². The van der Waals surface area contributed by atoms with Gasteiger partial charge in [-0.1, -0.05) is 17.4 Å². The number of carbonyl (C=O) groups excluding carboxylic acids is 1. The van der Waals surface area contributed by atoms with Crippen LogP contribution in [0.3, 0.4) is 0 Å². The molecule has 0 aliphatic rings. The molecule has 0 fully saturated rings. The van der Waals surface area contributed by atoms with Gasteiger partial charge in [-0.3, -0.25) is 14.7 Å². The first-order valence-corrected chi connectivity index (χ1v) is 13.4. The normalized spacial score (nSPS) is 11.3. The smallest absolute Gasteiger partial charge is 0.230 e. The van der Waals surface area contributed by atoms with Crippen molar-refractivity contribution in [2.24, 2.45) is 0 Å². The molecular weight excluding hydrogens is 502 g/mol. The molecule has 1 amide bonds. The predicted octanol–water partition coefficient (Wildman–Crippen LogP) is 4.11. The zero-order chi connectivity index (χ0) is 25.7. The zero-order valence-electron chi connectivity index (χ0n) is 20.0. The number of sulfone groups is 1. The van der Waals surface area contributed by atoms with Crippen LogP contribution in [-0.4, -0.2) is 51.4 Å². The molecule has 0 bridgehead atoms. The molecule has 11 heteroatoms. The Morgan fingerprint density at radius 2 is 1.67 bits per heavy atom. The van der Waals surface area contributed by atoms with Crippen molar-refractivity contribution in [2.45, 2.75) is 17.9 Å². The summed E-state index contributed by atoms with van der Waals surface area (Å²) in [7, 11) is 0.915. The molecule has 0 saturated heterocycles. The lowest BCUT2D eigenvalue weighted by Gasteiger charge is -2.19. The van der Waals surface area contributed by atoms with Gasteiger partial charge < -0.3 is 14.2 Å². The second-order valence-electron chi connectivity index (χ2n) is 7.69. The monoisotopic (exact) mass is 527 g/mol. The molecule has 0 unspecified atom stereocenters. The topological polar surface area (TPSA) is 108 Å². The SMILES string of the molecule is COc1ccc(S(=O)(=O)CCC(=O)N(Cc2ccccn2)c2nc3c(OC)ccc(OC)c3s2)cc1. The van der Waals surface area contributed by atoms with Crippen molar-refractivity contribution >= 4 is 42.4 Å². The molecule has 36 heavy (non-hydrogen) atoms. The first kappa shape index (κ1) is 25.4. The summed E-state index contributed by atoms with van der Waals surface area (Å²) >= 11 is 1.27. The van der Waals surface area contributed by atoms with Gasteiger partial charge in [0.2, 0.25) is 5.91 Å². The molecule has 188 valence electrons. The van der Waals surface area contributed by atoms with Crippen LogP contribution >= 0.6 is 11.3 Å². The number of amides is 1. The Bertz CT molecular complexity index is 1410. The van der Waals surface area contributed by atoms with Gasteiger partial charge in [-0.2, -0.15) is 0 Å². The first-order chi connectivity index (χ1) is 17.4. The van der Waals surface area contributed by atoms with Gasteiger partial charge in [0.25, 0.3) is 0 Å². The van der Waals surface area contributed by atoms with E-state index in [9.17, 15) is 13.2 Å². The van der Waals surface area contributed by atoms with Crippen molar-refractivity contribution in [3.8, 4) is 17.2 Å². The highest BCUT2D eigenvalue weighted by Crippen LogP contribution is 2.40. The van der Waals surface area contributed by atoms with E-state index < -0.39 is 15.7 Å². The minimum absolute atomic E-state index is 0.127. The van der Waals surface area contributed by atoms with Crippen molar-refractivity contribution in [1.82, 2.24) is 9.97 Å². The van der Waals surface area contributed by atoms with Gasteiger partial charge in [-0.25, -0.2) is 13.4 Å². The molecule has 2 aromatic carbocycles. The number of carbonyl (C=O) groups is 1. The Kier molecular flexibility index (Phi) is 7.70. The van der Waals surface area contributed by atoms with E-state index in [1.807, 2.05) is 6.07 Å². The highest BCUT2D eigenvalue weighted by molar-refractivity contribution is 7.91. The Balaban J connectivity index is 1.65. The lowest BCUT2D eigenvalue weighted by molar-refractivity contribution is -0.118. The van der Waals surface area contributed by atoms with Gasteiger partial charge in [0.05, 0.1) is 44.2 Å². The summed E-state index contributed by atoms with van der Waals surface area (Å²) in [5.41, 5.74) is 1.20. The first-order valence-electron chi connectivity index (χ1n) is 10.9. The van der Waals surface area contributed by atoms with Crippen LogP contribution in [0.25, 0.3) is 10.2 Å². The molecule has 0 aliphatic heterocycles. The molecule has 2 heterocycles. The van der Waals surface area contributed by atoms with Crippen LogP contribution < -0.4 is 19.1 Å². The molecule has 0 spiro atoms. The number of thiazole rings is 1. The number of pyridine rings is 1. The zero-order valence-corrected chi connectivity index (χ0v) is 21.6. The minimum atomic E-state index is -3.69. The van der Waals surface area contributed by atoms with Gasteiger partial charge in [-0.15, -0.1) is 0 Å². The average Bonchev–Trinajstić information content (AvgIpc) is 3.35. The van der Waals surface area contributed by atoms with Gasteiger partial charge in [-0.05, 0) is 48.5 Å². The molecule has 9 nitrogen and oxygen atoms in total. The summed E-state index contributed by atoms with van der Waals surface area (Å²) < 4.78 is 42.5. The number of fused-ring (bicyclic) bond motifs is 1. The third-order valence-corrected chi connectivity index (χ3v) is 8.31. The number of anilines is 1. The van der Waals surface area contributed by atoms with Crippen molar-refractivity contribution in [3.05, 3.63) is 66.5 Å². The Hall–Kier alpha value is -3.70. The van der Waals surface area contributed by atoms with E-state index in [0.717, 1.165) is 4.70 Å².